The highest BCUT2D eigenvalue weighted by Crippen LogP contribution is 2.31. The number of piperazine rings is 1. The molecule has 1 aliphatic carbocycles. The molecule has 2 heterocycles. The molecule has 0 amide bonds. The third-order valence-corrected chi connectivity index (χ3v) is 6.01. The molecule has 4 rings (SSSR count). The van der Waals surface area contributed by atoms with Crippen molar-refractivity contribution in [1.82, 2.24) is 15.2 Å². The Kier molecular flexibility index (Phi) is 6.21. The van der Waals surface area contributed by atoms with E-state index >= 15 is 0 Å². The number of nitriles is 1. The fraction of sp³-hybridized carbons (Fsp3) is 0.333. The quantitative estimate of drug-likeness (QED) is 0.627. The maximum atomic E-state index is 12.0. The number of rotatable bonds is 6. The minimum atomic E-state index is -0.109. The zero-order chi connectivity index (χ0) is 21.8. The highest BCUT2D eigenvalue weighted by Gasteiger charge is 2.27. The first kappa shape index (κ1) is 20.9. The summed E-state index contributed by atoms with van der Waals surface area (Å²) in [5.41, 5.74) is 5.72. The zero-order valence-electron chi connectivity index (χ0n) is 17.6. The van der Waals surface area contributed by atoms with Gasteiger partial charge in [-0.05, 0) is 47.7 Å². The highest BCUT2D eigenvalue weighted by molar-refractivity contribution is 6.04. The molecule has 158 valence electrons. The van der Waals surface area contributed by atoms with Gasteiger partial charge in [0.15, 0.2) is 5.78 Å². The average Bonchev–Trinajstić information content (AvgIpc) is 3.17. The summed E-state index contributed by atoms with van der Waals surface area (Å²) >= 11 is 0. The van der Waals surface area contributed by atoms with Crippen LogP contribution in [0.5, 0.6) is 0 Å². The summed E-state index contributed by atoms with van der Waals surface area (Å²) in [4.78, 5) is 18.9. The van der Waals surface area contributed by atoms with E-state index in [-0.39, 0.29) is 17.5 Å². The van der Waals surface area contributed by atoms with Crippen molar-refractivity contribution in [1.29, 1.82) is 10.7 Å². The van der Waals surface area contributed by atoms with Gasteiger partial charge in [-0.1, -0.05) is 18.2 Å². The lowest BCUT2D eigenvalue weighted by Crippen LogP contribution is -2.45. The molecule has 1 aromatic heterocycles. The lowest BCUT2D eigenvalue weighted by atomic mass is 9.93. The van der Waals surface area contributed by atoms with E-state index in [2.05, 4.69) is 33.5 Å². The summed E-state index contributed by atoms with van der Waals surface area (Å²) < 4.78 is 0. The number of pyridine rings is 1. The molecule has 1 aliphatic heterocycles. The van der Waals surface area contributed by atoms with E-state index in [1.165, 1.54) is 22.8 Å². The van der Waals surface area contributed by atoms with Crippen LogP contribution in [0, 0.1) is 23.7 Å². The molecular weight excluding hydrogens is 388 g/mol. The molecule has 0 radical (unpaired) electrons. The van der Waals surface area contributed by atoms with E-state index in [0.29, 0.717) is 12.2 Å². The molecule has 0 unspecified atom stereocenters. The molecular formula is C24H26N6O. The first-order valence-electron chi connectivity index (χ1n) is 10.5. The molecule has 1 fully saturated rings. The Hall–Kier alpha value is -3.34. The van der Waals surface area contributed by atoms with Gasteiger partial charge in [0.2, 0.25) is 0 Å². The van der Waals surface area contributed by atoms with Crippen LogP contribution in [0.15, 0.2) is 42.7 Å². The topological polar surface area (TPSA) is 105 Å². The van der Waals surface area contributed by atoms with Gasteiger partial charge in [0.1, 0.15) is 17.6 Å². The molecule has 2 aliphatic rings. The number of carbonyl (C=O) groups excluding carboxylic acids is 1. The van der Waals surface area contributed by atoms with Gasteiger partial charge in [0.05, 0.1) is 0 Å². The summed E-state index contributed by atoms with van der Waals surface area (Å²) in [7, 11) is 0. The van der Waals surface area contributed by atoms with Crippen LogP contribution in [0.3, 0.4) is 0 Å². The number of nitrogens with zero attached hydrogens (tertiary/aromatic N) is 3. The number of carbonyl (C=O) groups is 1. The molecule has 1 atom stereocenters. The first-order valence-corrected chi connectivity index (χ1v) is 10.5. The second-order valence-electron chi connectivity index (χ2n) is 8.03. The first-order chi connectivity index (χ1) is 15.0. The second kappa shape index (κ2) is 9.21. The summed E-state index contributed by atoms with van der Waals surface area (Å²) in [5, 5.41) is 22.5. The normalized spacial score (nSPS) is 18.7. The standard InChI is InChI=1S/C24H26N6O/c1-16-19-5-6-23(31)21(19)4-3-20(16)22-15-30(11-10-27-22)14-17-2-7-24(29-13-17)28-9-8-18(26)12-25/h2-4,7-9,13,22,26-27H,5-6,10-11,14-15H2,1H3,(H,28,29)/b9-8-,26-18?/t22-/m0/s1. The van der Waals surface area contributed by atoms with Crippen LogP contribution in [0.4, 0.5) is 5.82 Å². The van der Waals surface area contributed by atoms with Crippen LogP contribution < -0.4 is 10.6 Å². The molecule has 31 heavy (non-hydrogen) atoms. The lowest BCUT2D eigenvalue weighted by Gasteiger charge is -2.35. The van der Waals surface area contributed by atoms with Gasteiger partial charge in [-0.3, -0.25) is 15.1 Å². The molecule has 3 N–H and O–H groups in total. The van der Waals surface area contributed by atoms with Crippen LogP contribution in [-0.4, -0.2) is 41.0 Å². The van der Waals surface area contributed by atoms with Gasteiger partial charge in [-0.2, -0.15) is 5.26 Å². The van der Waals surface area contributed by atoms with Crippen LogP contribution >= 0.6 is 0 Å². The van der Waals surface area contributed by atoms with Gasteiger partial charge in [-0.15, -0.1) is 0 Å². The van der Waals surface area contributed by atoms with Gasteiger partial charge in [-0.25, -0.2) is 4.98 Å². The number of hydrogen-bond acceptors (Lipinski definition) is 7. The summed E-state index contributed by atoms with van der Waals surface area (Å²) in [6, 6.07) is 10.1. The number of Topliss-reactive ketones (excluding diaryl/α,β-unsaturated/α-hetero) is 1. The van der Waals surface area contributed by atoms with Crippen molar-refractivity contribution in [3.63, 3.8) is 0 Å². The highest BCUT2D eigenvalue weighted by atomic mass is 16.1. The number of ketones is 1. The van der Waals surface area contributed by atoms with Gasteiger partial charge >= 0.3 is 0 Å². The summed E-state index contributed by atoms with van der Waals surface area (Å²) in [6.45, 7) is 5.77. The third kappa shape index (κ3) is 4.71. The van der Waals surface area contributed by atoms with Crippen LogP contribution in [0.2, 0.25) is 0 Å². The number of aromatic nitrogens is 1. The Morgan fingerprint density at radius 2 is 2.26 bits per heavy atom. The molecule has 0 saturated carbocycles. The Balaban J connectivity index is 1.39. The minimum Gasteiger partial charge on any atom is -0.347 e. The van der Waals surface area contributed by atoms with Crippen molar-refractivity contribution < 1.29 is 4.79 Å². The summed E-state index contributed by atoms with van der Waals surface area (Å²) in [5.74, 6) is 0.944. The Bertz CT molecular complexity index is 1070. The van der Waals surface area contributed by atoms with Crippen molar-refractivity contribution in [3.8, 4) is 6.07 Å². The predicted molar refractivity (Wildman–Crippen MR) is 120 cm³/mol. The fourth-order valence-corrected chi connectivity index (χ4v) is 4.38. The molecule has 1 aromatic carbocycles. The maximum absolute atomic E-state index is 12.0. The molecule has 2 aromatic rings. The number of fused-ring (bicyclic) bond motifs is 1. The zero-order valence-corrected chi connectivity index (χ0v) is 17.6. The second-order valence-corrected chi connectivity index (χ2v) is 8.03. The van der Waals surface area contributed by atoms with Crippen molar-refractivity contribution in [2.75, 3.05) is 25.0 Å². The molecule has 1 saturated heterocycles. The van der Waals surface area contributed by atoms with Crippen molar-refractivity contribution in [3.05, 3.63) is 70.6 Å². The van der Waals surface area contributed by atoms with Crippen LogP contribution in [0.25, 0.3) is 0 Å². The number of anilines is 1. The Morgan fingerprint density at radius 1 is 1.39 bits per heavy atom. The molecule has 7 nitrogen and oxygen atoms in total. The molecule has 0 spiro atoms. The fourth-order valence-electron chi connectivity index (χ4n) is 4.38. The maximum Gasteiger partial charge on any atom is 0.163 e. The van der Waals surface area contributed by atoms with E-state index in [0.717, 1.165) is 43.7 Å². The van der Waals surface area contributed by atoms with E-state index in [4.69, 9.17) is 10.7 Å². The Morgan fingerprint density at radius 3 is 3.03 bits per heavy atom. The molecule has 0 bridgehead atoms. The predicted octanol–water partition coefficient (Wildman–Crippen LogP) is 3.13. The van der Waals surface area contributed by atoms with Crippen molar-refractivity contribution >= 4 is 17.3 Å². The van der Waals surface area contributed by atoms with E-state index < -0.39 is 0 Å². The summed E-state index contributed by atoms with van der Waals surface area (Å²) in [6.07, 6.45) is 6.30. The van der Waals surface area contributed by atoms with E-state index in [9.17, 15) is 4.79 Å². The van der Waals surface area contributed by atoms with Crippen molar-refractivity contribution in [2.24, 2.45) is 0 Å². The number of benzene rings is 1. The molecule has 7 heteroatoms. The van der Waals surface area contributed by atoms with Gasteiger partial charge in [0, 0.05) is 56.6 Å². The Labute approximate surface area is 182 Å². The van der Waals surface area contributed by atoms with Gasteiger partial charge < -0.3 is 10.6 Å². The van der Waals surface area contributed by atoms with E-state index in [1.807, 2.05) is 24.4 Å². The van der Waals surface area contributed by atoms with Gasteiger partial charge in [0.25, 0.3) is 0 Å². The smallest absolute Gasteiger partial charge is 0.163 e. The number of allylic oxidation sites excluding steroid dienone is 1. The van der Waals surface area contributed by atoms with E-state index in [1.54, 1.807) is 12.3 Å². The number of hydrogen-bond donors (Lipinski definition) is 3. The van der Waals surface area contributed by atoms with Crippen LogP contribution in [-0.2, 0) is 13.0 Å². The minimum absolute atomic E-state index is 0.109. The lowest BCUT2D eigenvalue weighted by molar-refractivity contribution is 0.0994. The van der Waals surface area contributed by atoms with Crippen molar-refractivity contribution in [2.45, 2.75) is 32.4 Å². The monoisotopic (exact) mass is 414 g/mol. The largest absolute Gasteiger partial charge is 0.347 e. The van der Waals surface area contributed by atoms with Crippen LogP contribution in [0.1, 0.15) is 45.1 Å². The third-order valence-electron chi connectivity index (χ3n) is 6.01. The number of nitrogens with one attached hydrogen (secondary N) is 3. The average molecular weight is 415 g/mol. The SMILES string of the molecule is Cc1c([C@@H]2CN(Cc3ccc(N/C=C\C(=N)C#N)nc3)CCN2)ccc2c1CCC2=O.